The van der Waals surface area contributed by atoms with E-state index in [9.17, 15) is 9.59 Å². The van der Waals surface area contributed by atoms with Crippen molar-refractivity contribution in [3.63, 3.8) is 0 Å². The summed E-state index contributed by atoms with van der Waals surface area (Å²) >= 11 is 1.35. The lowest BCUT2D eigenvalue weighted by Crippen LogP contribution is -2.32. The van der Waals surface area contributed by atoms with Crippen LogP contribution in [0.25, 0.3) is 0 Å². The number of esters is 1. The fraction of sp³-hybridized carbons (Fsp3) is 0.316. The van der Waals surface area contributed by atoms with E-state index in [4.69, 9.17) is 9.47 Å². The molecule has 0 unspecified atom stereocenters. The predicted molar refractivity (Wildman–Crippen MR) is 101 cm³/mol. The molecule has 26 heavy (non-hydrogen) atoms. The molecule has 1 aromatic heterocycles. The van der Waals surface area contributed by atoms with E-state index in [1.54, 1.807) is 18.3 Å². The third-order valence-electron chi connectivity index (χ3n) is 3.53. The number of carbonyl (C=O) groups excluding carboxylic acids is 2. The van der Waals surface area contributed by atoms with Gasteiger partial charge in [-0.3, -0.25) is 4.79 Å². The van der Waals surface area contributed by atoms with Crippen LogP contribution in [0.4, 0.5) is 0 Å². The molecule has 0 aliphatic carbocycles. The summed E-state index contributed by atoms with van der Waals surface area (Å²) in [4.78, 5) is 27.9. The summed E-state index contributed by atoms with van der Waals surface area (Å²) in [5.74, 6) is -0.154. The molecule has 0 saturated carbocycles. The highest BCUT2D eigenvalue weighted by Crippen LogP contribution is 2.18. The van der Waals surface area contributed by atoms with E-state index < -0.39 is 5.97 Å². The van der Waals surface area contributed by atoms with Crippen molar-refractivity contribution in [3.8, 4) is 5.75 Å². The molecule has 0 aliphatic rings. The van der Waals surface area contributed by atoms with Gasteiger partial charge in [-0.25, -0.2) is 9.78 Å². The molecule has 1 N–H and O–H groups in total. The van der Waals surface area contributed by atoms with Crippen molar-refractivity contribution >= 4 is 23.6 Å². The molecule has 0 bridgehead atoms. The van der Waals surface area contributed by atoms with Crippen LogP contribution in [0.3, 0.4) is 0 Å². The van der Waals surface area contributed by atoms with Crippen LogP contribution >= 0.6 is 11.8 Å². The van der Waals surface area contributed by atoms with Gasteiger partial charge in [0.1, 0.15) is 17.4 Å². The number of amides is 1. The summed E-state index contributed by atoms with van der Waals surface area (Å²) in [7, 11) is 0. The smallest absolute Gasteiger partial charge is 0.341 e. The van der Waals surface area contributed by atoms with Gasteiger partial charge in [0, 0.05) is 6.20 Å². The van der Waals surface area contributed by atoms with E-state index in [1.807, 2.05) is 38.3 Å². The maximum Gasteiger partial charge on any atom is 0.341 e. The molecule has 0 fully saturated rings. The van der Waals surface area contributed by atoms with Crippen LogP contribution in [0.5, 0.6) is 5.75 Å². The molecule has 0 aliphatic heterocycles. The predicted octanol–water partition coefficient (Wildman–Crippen LogP) is 2.77. The molecule has 0 radical (unpaired) electrons. The molecule has 6 nitrogen and oxygen atoms in total. The zero-order chi connectivity index (χ0) is 18.9. The van der Waals surface area contributed by atoms with Crippen LogP contribution < -0.4 is 10.1 Å². The van der Waals surface area contributed by atoms with Gasteiger partial charge in [0.25, 0.3) is 5.91 Å². The first-order chi connectivity index (χ1) is 12.5. The Morgan fingerprint density at radius 3 is 2.77 bits per heavy atom. The molecular formula is C19H22N2O4S. The van der Waals surface area contributed by atoms with Gasteiger partial charge in [-0.2, -0.15) is 0 Å². The van der Waals surface area contributed by atoms with E-state index in [2.05, 4.69) is 10.3 Å². The summed E-state index contributed by atoms with van der Waals surface area (Å²) in [5.41, 5.74) is 2.57. The summed E-state index contributed by atoms with van der Waals surface area (Å²) in [6, 6.07) is 9.19. The lowest BCUT2D eigenvalue weighted by molar-refractivity contribution is -0.124. The second-order valence-corrected chi connectivity index (χ2v) is 6.40. The first kappa shape index (κ1) is 19.8. The Morgan fingerprint density at radius 2 is 2.04 bits per heavy atom. The number of thioether (sulfide) groups is 1. The van der Waals surface area contributed by atoms with Crippen LogP contribution in [-0.2, 0) is 9.53 Å². The molecule has 0 atom stereocenters. The van der Waals surface area contributed by atoms with Gasteiger partial charge in [0.15, 0.2) is 6.61 Å². The van der Waals surface area contributed by atoms with Crippen molar-refractivity contribution in [2.24, 2.45) is 0 Å². The Bertz CT molecular complexity index is 780. The quantitative estimate of drug-likeness (QED) is 0.435. The van der Waals surface area contributed by atoms with Gasteiger partial charge in [-0.1, -0.05) is 17.7 Å². The summed E-state index contributed by atoms with van der Waals surface area (Å²) < 4.78 is 10.7. The summed E-state index contributed by atoms with van der Waals surface area (Å²) in [6.07, 6.45) is 3.42. The molecular weight excluding hydrogens is 352 g/mol. The third kappa shape index (κ3) is 5.77. The van der Waals surface area contributed by atoms with Crippen molar-refractivity contribution in [1.82, 2.24) is 10.3 Å². The van der Waals surface area contributed by atoms with Crippen molar-refractivity contribution in [3.05, 3.63) is 53.2 Å². The summed E-state index contributed by atoms with van der Waals surface area (Å²) in [6.45, 7) is 4.31. The van der Waals surface area contributed by atoms with E-state index >= 15 is 0 Å². The van der Waals surface area contributed by atoms with E-state index in [0.717, 1.165) is 11.3 Å². The minimum absolute atomic E-state index is 0.326. The number of rotatable bonds is 8. The molecule has 0 spiro atoms. The highest BCUT2D eigenvalue weighted by molar-refractivity contribution is 7.98. The lowest BCUT2D eigenvalue weighted by Gasteiger charge is -2.11. The Morgan fingerprint density at radius 1 is 1.23 bits per heavy atom. The average Bonchev–Trinajstić information content (AvgIpc) is 2.64. The second kappa shape index (κ2) is 9.82. The van der Waals surface area contributed by atoms with Crippen molar-refractivity contribution in [2.45, 2.75) is 18.9 Å². The highest BCUT2D eigenvalue weighted by atomic mass is 32.2. The molecule has 1 amide bonds. The van der Waals surface area contributed by atoms with Crippen molar-refractivity contribution < 1.29 is 19.1 Å². The highest BCUT2D eigenvalue weighted by Gasteiger charge is 2.14. The minimum Gasteiger partial charge on any atom is -0.491 e. The number of aryl methyl sites for hydroxylation is 2. The minimum atomic E-state index is -0.566. The van der Waals surface area contributed by atoms with E-state index in [1.165, 1.54) is 17.3 Å². The Balaban J connectivity index is 1.71. The Hall–Kier alpha value is -2.54. The van der Waals surface area contributed by atoms with Crippen LogP contribution in [0.2, 0.25) is 0 Å². The number of hydrogen-bond acceptors (Lipinski definition) is 6. The fourth-order valence-electron chi connectivity index (χ4n) is 2.28. The van der Waals surface area contributed by atoms with E-state index in [-0.39, 0.29) is 12.5 Å². The van der Waals surface area contributed by atoms with Crippen LogP contribution in [0, 0.1) is 13.8 Å². The van der Waals surface area contributed by atoms with Crippen molar-refractivity contribution in [2.75, 3.05) is 26.0 Å². The normalized spacial score (nSPS) is 10.3. The van der Waals surface area contributed by atoms with Crippen LogP contribution in [-0.4, -0.2) is 42.9 Å². The maximum atomic E-state index is 12.0. The Labute approximate surface area is 157 Å². The van der Waals surface area contributed by atoms with Gasteiger partial charge in [-0.15, -0.1) is 11.8 Å². The maximum absolute atomic E-state index is 12.0. The number of nitrogens with one attached hydrogen (secondary N) is 1. The number of aromatic nitrogens is 1. The number of pyridine rings is 1. The standard InChI is InChI=1S/C19H22N2O4S/c1-13-6-7-16(14(2)11-13)24-10-9-20-17(22)12-25-19(23)15-5-4-8-21-18(15)26-3/h4-8,11H,9-10,12H2,1-3H3,(H,20,22). The van der Waals surface area contributed by atoms with Crippen molar-refractivity contribution in [1.29, 1.82) is 0 Å². The first-order valence-electron chi connectivity index (χ1n) is 8.14. The molecule has 2 aromatic rings. The topological polar surface area (TPSA) is 77.5 Å². The average molecular weight is 374 g/mol. The zero-order valence-corrected chi connectivity index (χ0v) is 15.9. The van der Waals surface area contributed by atoms with Gasteiger partial charge in [-0.05, 0) is 43.9 Å². The van der Waals surface area contributed by atoms with Gasteiger partial charge in [0.05, 0.1) is 12.1 Å². The monoisotopic (exact) mass is 374 g/mol. The van der Waals surface area contributed by atoms with Gasteiger partial charge < -0.3 is 14.8 Å². The second-order valence-electron chi connectivity index (χ2n) is 5.60. The molecule has 7 heteroatoms. The lowest BCUT2D eigenvalue weighted by atomic mass is 10.1. The number of nitrogens with zero attached hydrogens (tertiary/aromatic N) is 1. The van der Waals surface area contributed by atoms with Crippen LogP contribution in [0.1, 0.15) is 21.5 Å². The third-order valence-corrected chi connectivity index (χ3v) is 4.24. The largest absolute Gasteiger partial charge is 0.491 e. The molecule has 1 aromatic carbocycles. The number of hydrogen-bond donors (Lipinski definition) is 1. The zero-order valence-electron chi connectivity index (χ0n) is 15.1. The van der Waals surface area contributed by atoms with Crippen LogP contribution in [0.15, 0.2) is 41.6 Å². The van der Waals surface area contributed by atoms with Gasteiger partial charge >= 0.3 is 5.97 Å². The summed E-state index contributed by atoms with van der Waals surface area (Å²) in [5, 5.41) is 3.23. The molecule has 1 heterocycles. The number of ether oxygens (including phenoxy) is 2. The number of carbonyl (C=O) groups is 2. The number of benzene rings is 1. The molecule has 0 saturated heterocycles. The molecule has 138 valence electrons. The van der Waals surface area contributed by atoms with E-state index in [0.29, 0.717) is 23.7 Å². The first-order valence-corrected chi connectivity index (χ1v) is 9.36. The fourth-order valence-corrected chi connectivity index (χ4v) is 2.82. The Kier molecular flexibility index (Phi) is 7.47. The van der Waals surface area contributed by atoms with Gasteiger partial charge in [0.2, 0.25) is 0 Å². The SMILES string of the molecule is CSc1ncccc1C(=O)OCC(=O)NCCOc1ccc(C)cc1C. The molecule has 2 rings (SSSR count).